The molecule has 0 radical (unpaired) electrons. The van der Waals surface area contributed by atoms with Gasteiger partial charge in [0.25, 0.3) is 0 Å². The molecule has 0 spiro atoms. The largest absolute Gasteiger partial charge is 0.417 e. The number of hydrogen-bond donors (Lipinski definition) is 2. The molecule has 1 aromatic rings. The minimum Gasteiger partial charge on any atom is -0.394 e. The van der Waals surface area contributed by atoms with E-state index in [0.717, 1.165) is 12.1 Å². The number of halogens is 3. The fourth-order valence-corrected chi connectivity index (χ4v) is 1.60. The van der Waals surface area contributed by atoms with Gasteiger partial charge in [-0.1, -0.05) is 13.8 Å². The number of benzene rings is 1. The fraction of sp³-hybridized carbons (Fsp3) is 0.462. The van der Waals surface area contributed by atoms with E-state index in [1.54, 1.807) is 0 Å². The zero-order valence-electron chi connectivity index (χ0n) is 10.6. The van der Waals surface area contributed by atoms with Crippen molar-refractivity contribution >= 4 is 5.69 Å². The molecule has 19 heavy (non-hydrogen) atoms. The third-order valence-electron chi connectivity index (χ3n) is 2.80. The molecule has 3 nitrogen and oxygen atoms in total. The van der Waals surface area contributed by atoms with Gasteiger partial charge in [0.05, 0.1) is 29.8 Å². The van der Waals surface area contributed by atoms with Crippen molar-refractivity contribution in [3.05, 3.63) is 29.3 Å². The topological polar surface area (TPSA) is 56.0 Å². The summed E-state index contributed by atoms with van der Waals surface area (Å²) in [5.74, 6) is 0.0648. The lowest BCUT2D eigenvalue weighted by Gasteiger charge is -2.22. The van der Waals surface area contributed by atoms with Crippen LogP contribution < -0.4 is 5.32 Å². The highest BCUT2D eigenvalue weighted by atomic mass is 19.4. The van der Waals surface area contributed by atoms with Crippen molar-refractivity contribution in [1.29, 1.82) is 5.26 Å². The van der Waals surface area contributed by atoms with Crippen LogP contribution >= 0.6 is 0 Å². The molecule has 0 fully saturated rings. The van der Waals surface area contributed by atoms with Crippen LogP contribution in [0.5, 0.6) is 0 Å². The number of nitrogens with one attached hydrogen (secondary N) is 1. The SMILES string of the molecule is CC(C)C(CO)Nc1ccc(C#N)c(C(F)(F)F)c1. The number of aliphatic hydroxyl groups excluding tert-OH is 1. The summed E-state index contributed by atoms with van der Waals surface area (Å²) >= 11 is 0. The molecule has 104 valence electrons. The molecule has 2 N–H and O–H groups in total. The number of nitrogens with zero attached hydrogens (tertiary/aromatic N) is 1. The van der Waals surface area contributed by atoms with E-state index in [4.69, 9.17) is 10.4 Å². The minimum atomic E-state index is -4.57. The van der Waals surface area contributed by atoms with Gasteiger partial charge in [-0.25, -0.2) is 0 Å². The summed E-state index contributed by atoms with van der Waals surface area (Å²) < 4.78 is 38.3. The molecule has 0 aliphatic heterocycles. The van der Waals surface area contributed by atoms with Gasteiger partial charge in [-0.05, 0) is 24.1 Å². The summed E-state index contributed by atoms with van der Waals surface area (Å²) in [6.07, 6.45) is -4.57. The number of hydrogen-bond acceptors (Lipinski definition) is 3. The van der Waals surface area contributed by atoms with Gasteiger partial charge in [-0.2, -0.15) is 18.4 Å². The number of nitriles is 1. The van der Waals surface area contributed by atoms with Crippen molar-refractivity contribution in [2.45, 2.75) is 26.1 Å². The molecule has 0 bridgehead atoms. The number of rotatable bonds is 4. The maximum atomic E-state index is 12.8. The fourth-order valence-electron chi connectivity index (χ4n) is 1.60. The van der Waals surface area contributed by atoms with Gasteiger partial charge < -0.3 is 10.4 Å². The lowest BCUT2D eigenvalue weighted by molar-refractivity contribution is -0.137. The molecule has 0 saturated carbocycles. The lowest BCUT2D eigenvalue weighted by atomic mass is 10.0. The summed E-state index contributed by atoms with van der Waals surface area (Å²) in [6.45, 7) is 3.52. The van der Waals surface area contributed by atoms with Crippen LogP contribution in [0.1, 0.15) is 25.0 Å². The van der Waals surface area contributed by atoms with Crippen molar-refractivity contribution < 1.29 is 18.3 Å². The van der Waals surface area contributed by atoms with E-state index in [1.807, 2.05) is 13.8 Å². The van der Waals surface area contributed by atoms with Crippen molar-refractivity contribution in [3.63, 3.8) is 0 Å². The summed E-state index contributed by atoms with van der Waals surface area (Å²) in [5.41, 5.74) is -1.15. The molecule has 0 aromatic heterocycles. The van der Waals surface area contributed by atoms with Crippen LogP contribution in [0.2, 0.25) is 0 Å². The zero-order valence-corrected chi connectivity index (χ0v) is 10.6. The second-order valence-corrected chi connectivity index (χ2v) is 4.55. The van der Waals surface area contributed by atoms with Crippen LogP contribution in [0.25, 0.3) is 0 Å². The van der Waals surface area contributed by atoms with Gasteiger partial charge in [-0.15, -0.1) is 0 Å². The molecule has 1 rings (SSSR count). The Kier molecular flexibility index (Phi) is 4.78. The Morgan fingerprint density at radius 1 is 1.37 bits per heavy atom. The standard InChI is InChI=1S/C13H15F3N2O/c1-8(2)12(7-19)18-10-4-3-9(6-17)11(5-10)13(14,15)16/h3-5,8,12,18-19H,7H2,1-2H3. The van der Waals surface area contributed by atoms with E-state index in [9.17, 15) is 13.2 Å². The molecule has 0 amide bonds. The quantitative estimate of drug-likeness (QED) is 0.885. The lowest BCUT2D eigenvalue weighted by Crippen LogP contribution is -2.29. The number of anilines is 1. The predicted molar refractivity (Wildman–Crippen MR) is 65.5 cm³/mol. The Morgan fingerprint density at radius 3 is 2.42 bits per heavy atom. The highest BCUT2D eigenvalue weighted by Gasteiger charge is 2.34. The first-order valence-corrected chi connectivity index (χ1v) is 5.78. The van der Waals surface area contributed by atoms with Crippen LogP contribution in [0, 0.1) is 17.2 Å². The Balaban J connectivity index is 3.09. The molecule has 0 saturated heterocycles. The van der Waals surface area contributed by atoms with E-state index in [2.05, 4.69) is 5.32 Å². The van der Waals surface area contributed by atoms with Crippen molar-refractivity contribution in [2.75, 3.05) is 11.9 Å². The minimum absolute atomic E-state index is 0.0648. The second-order valence-electron chi connectivity index (χ2n) is 4.55. The molecule has 1 unspecified atom stereocenters. The monoisotopic (exact) mass is 272 g/mol. The number of alkyl halides is 3. The third-order valence-corrected chi connectivity index (χ3v) is 2.80. The van der Waals surface area contributed by atoms with E-state index < -0.39 is 17.3 Å². The van der Waals surface area contributed by atoms with Gasteiger partial charge in [0.1, 0.15) is 0 Å². The van der Waals surface area contributed by atoms with E-state index >= 15 is 0 Å². The third kappa shape index (κ3) is 3.86. The molecule has 0 heterocycles. The summed E-state index contributed by atoms with van der Waals surface area (Å²) in [4.78, 5) is 0. The molecule has 1 atom stereocenters. The van der Waals surface area contributed by atoms with Gasteiger partial charge in [0, 0.05) is 5.69 Å². The van der Waals surface area contributed by atoms with Gasteiger partial charge in [0.15, 0.2) is 0 Å². The van der Waals surface area contributed by atoms with E-state index in [1.165, 1.54) is 12.1 Å². The zero-order chi connectivity index (χ0) is 14.6. The summed E-state index contributed by atoms with van der Waals surface area (Å²) in [5, 5.41) is 20.7. The Labute approximate surface area is 109 Å². The average Bonchev–Trinajstić information content (AvgIpc) is 2.34. The maximum Gasteiger partial charge on any atom is 0.417 e. The smallest absolute Gasteiger partial charge is 0.394 e. The Hall–Kier alpha value is -1.74. The summed E-state index contributed by atoms with van der Waals surface area (Å²) in [7, 11) is 0. The van der Waals surface area contributed by atoms with Gasteiger partial charge in [-0.3, -0.25) is 0 Å². The first-order chi connectivity index (χ1) is 8.79. The molecule has 0 aliphatic carbocycles. The van der Waals surface area contributed by atoms with Crippen LogP contribution in [-0.2, 0) is 6.18 Å². The Bertz CT molecular complexity index is 478. The van der Waals surface area contributed by atoms with Crippen molar-refractivity contribution in [2.24, 2.45) is 5.92 Å². The Morgan fingerprint density at radius 2 is 2.00 bits per heavy atom. The maximum absolute atomic E-state index is 12.8. The average molecular weight is 272 g/mol. The van der Waals surface area contributed by atoms with Crippen LogP contribution in [0.3, 0.4) is 0 Å². The van der Waals surface area contributed by atoms with E-state index in [-0.39, 0.29) is 24.3 Å². The van der Waals surface area contributed by atoms with Gasteiger partial charge >= 0.3 is 6.18 Å². The number of aliphatic hydroxyl groups is 1. The highest BCUT2D eigenvalue weighted by Crippen LogP contribution is 2.33. The first kappa shape index (κ1) is 15.3. The molecular formula is C13H15F3N2O. The summed E-state index contributed by atoms with van der Waals surface area (Å²) in [6, 6.07) is 4.60. The van der Waals surface area contributed by atoms with Crippen LogP contribution in [0.15, 0.2) is 18.2 Å². The van der Waals surface area contributed by atoms with Crippen molar-refractivity contribution in [1.82, 2.24) is 0 Å². The van der Waals surface area contributed by atoms with Crippen molar-refractivity contribution in [3.8, 4) is 6.07 Å². The van der Waals surface area contributed by atoms with Gasteiger partial charge in [0.2, 0.25) is 0 Å². The highest BCUT2D eigenvalue weighted by molar-refractivity contribution is 5.53. The molecule has 1 aromatic carbocycles. The van der Waals surface area contributed by atoms with E-state index in [0.29, 0.717) is 0 Å². The second kappa shape index (κ2) is 5.93. The molecule has 6 heteroatoms. The first-order valence-electron chi connectivity index (χ1n) is 5.78. The predicted octanol–water partition coefficient (Wildman–Crippen LogP) is 3.01. The normalized spacial score (nSPS) is 13.2. The van der Waals surface area contributed by atoms with Crippen LogP contribution in [0.4, 0.5) is 18.9 Å². The molecular weight excluding hydrogens is 257 g/mol. The van der Waals surface area contributed by atoms with Crippen LogP contribution in [-0.4, -0.2) is 17.8 Å². The molecule has 0 aliphatic rings.